The number of hydrogen-bond donors (Lipinski definition) is 3. The lowest BCUT2D eigenvalue weighted by atomic mass is 10.2. The van der Waals surface area contributed by atoms with Crippen molar-refractivity contribution in [2.45, 2.75) is 6.54 Å². The fourth-order valence-corrected chi connectivity index (χ4v) is 2.74. The number of aromatic nitrogens is 2. The van der Waals surface area contributed by atoms with Gasteiger partial charge in [0.15, 0.2) is 0 Å². The normalized spacial score (nSPS) is 10.2. The van der Waals surface area contributed by atoms with E-state index in [2.05, 4.69) is 27.6 Å². The van der Waals surface area contributed by atoms with Crippen molar-refractivity contribution in [1.82, 2.24) is 15.1 Å². The Bertz CT molecular complexity index is 1010. The Morgan fingerprint density at radius 2 is 1.76 bits per heavy atom. The molecule has 0 radical (unpaired) electrons. The molecule has 148 valence electrons. The molecule has 0 aliphatic carbocycles. The van der Waals surface area contributed by atoms with Crippen LogP contribution >= 0.6 is 11.6 Å². The van der Waals surface area contributed by atoms with E-state index in [-0.39, 0.29) is 11.9 Å². The molecule has 0 saturated carbocycles. The average Bonchev–Trinajstić information content (AvgIpc) is 3.18. The Kier molecular flexibility index (Phi) is 6.65. The lowest BCUT2D eigenvalue weighted by Gasteiger charge is -2.08. The summed E-state index contributed by atoms with van der Waals surface area (Å²) in [6, 6.07) is 14.0. The van der Waals surface area contributed by atoms with Crippen LogP contribution in [0.2, 0.25) is 5.02 Å². The smallest absolute Gasteiger partial charge is 0.319 e. The van der Waals surface area contributed by atoms with E-state index in [1.165, 1.54) is 6.20 Å². The summed E-state index contributed by atoms with van der Waals surface area (Å²) in [7, 11) is 0. The minimum absolute atomic E-state index is 0.278. The molecule has 0 spiro atoms. The van der Waals surface area contributed by atoms with Crippen molar-refractivity contribution >= 4 is 34.9 Å². The first kappa shape index (κ1) is 20.2. The van der Waals surface area contributed by atoms with Crippen molar-refractivity contribution in [2.75, 3.05) is 17.2 Å². The van der Waals surface area contributed by atoms with Crippen LogP contribution in [0.1, 0.15) is 15.9 Å². The van der Waals surface area contributed by atoms with Gasteiger partial charge in [-0.05, 0) is 35.9 Å². The van der Waals surface area contributed by atoms with Gasteiger partial charge in [-0.3, -0.25) is 9.48 Å². The first-order valence-electron chi connectivity index (χ1n) is 8.88. The summed E-state index contributed by atoms with van der Waals surface area (Å²) in [5, 5.41) is 13.0. The predicted molar refractivity (Wildman–Crippen MR) is 114 cm³/mol. The van der Waals surface area contributed by atoms with Gasteiger partial charge in [0.05, 0.1) is 18.3 Å². The van der Waals surface area contributed by atoms with E-state index in [0.29, 0.717) is 35.1 Å². The molecule has 3 amide bonds. The largest absolute Gasteiger partial charge is 0.334 e. The van der Waals surface area contributed by atoms with Gasteiger partial charge in [-0.15, -0.1) is 6.58 Å². The van der Waals surface area contributed by atoms with Gasteiger partial charge in [0, 0.05) is 29.1 Å². The highest BCUT2D eigenvalue weighted by Crippen LogP contribution is 2.17. The zero-order chi connectivity index (χ0) is 20.6. The van der Waals surface area contributed by atoms with Crippen LogP contribution in [0.15, 0.2) is 73.6 Å². The lowest BCUT2D eigenvalue weighted by Crippen LogP contribution is -2.28. The van der Waals surface area contributed by atoms with Crippen molar-refractivity contribution in [3.63, 3.8) is 0 Å². The number of hydrogen-bond acceptors (Lipinski definition) is 3. The molecule has 2 aromatic carbocycles. The summed E-state index contributed by atoms with van der Waals surface area (Å²) in [4.78, 5) is 24.1. The van der Waals surface area contributed by atoms with Crippen molar-refractivity contribution in [3.8, 4) is 0 Å². The standard InChI is InChI=1S/C21H20ClN5O2/c1-2-11-23-21(29)26-18-9-7-17(8-10-18)25-20(28)16-12-24-27(14-16)13-15-5-3-4-6-19(15)22/h2-10,12,14H,1,11,13H2,(H,25,28)(H2,23,26,29). The highest BCUT2D eigenvalue weighted by molar-refractivity contribution is 6.31. The van der Waals surface area contributed by atoms with Gasteiger partial charge in [-0.2, -0.15) is 5.10 Å². The van der Waals surface area contributed by atoms with Gasteiger partial charge in [0.1, 0.15) is 0 Å². The Balaban J connectivity index is 1.58. The molecular weight excluding hydrogens is 390 g/mol. The summed E-state index contributed by atoms with van der Waals surface area (Å²) in [6.07, 6.45) is 4.76. The number of amides is 3. The fourth-order valence-electron chi connectivity index (χ4n) is 2.55. The van der Waals surface area contributed by atoms with E-state index in [1.54, 1.807) is 41.2 Å². The van der Waals surface area contributed by atoms with E-state index in [0.717, 1.165) is 5.56 Å². The molecule has 0 saturated heterocycles. The SMILES string of the molecule is C=CCNC(=O)Nc1ccc(NC(=O)c2cnn(Cc3ccccc3Cl)c2)cc1. The van der Waals surface area contributed by atoms with Crippen LogP contribution in [0, 0.1) is 0 Å². The Hall–Kier alpha value is -3.58. The van der Waals surface area contributed by atoms with Gasteiger partial charge < -0.3 is 16.0 Å². The molecule has 0 aliphatic heterocycles. The van der Waals surface area contributed by atoms with Crippen molar-refractivity contribution in [2.24, 2.45) is 0 Å². The van der Waals surface area contributed by atoms with Crippen LogP contribution in [-0.4, -0.2) is 28.3 Å². The second kappa shape index (κ2) is 9.57. The topological polar surface area (TPSA) is 88.1 Å². The third-order valence-electron chi connectivity index (χ3n) is 3.99. The van der Waals surface area contributed by atoms with Crippen LogP contribution in [0.5, 0.6) is 0 Å². The first-order chi connectivity index (χ1) is 14.0. The first-order valence-corrected chi connectivity index (χ1v) is 9.26. The molecular formula is C21H20ClN5O2. The average molecular weight is 410 g/mol. The van der Waals surface area contributed by atoms with E-state index < -0.39 is 0 Å². The molecule has 3 N–H and O–H groups in total. The summed E-state index contributed by atoms with van der Waals surface area (Å²) in [5.74, 6) is -0.278. The number of rotatable bonds is 7. The maximum absolute atomic E-state index is 12.4. The molecule has 3 aromatic rings. The van der Waals surface area contributed by atoms with Gasteiger partial charge in [0.25, 0.3) is 5.91 Å². The molecule has 7 nitrogen and oxygen atoms in total. The number of anilines is 2. The second-order valence-electron chi connectivity index (χ2n) is 6.17. The van der Waals surface area contributed by atoms with Crippen LogP contribution in [0.3, 0.4) is 0 Å². The fraction of sp³-hybridized carbons (Fsp3) is 0.0952. The highest BCUT2D eigenvalue weighted by atomic mass is 35.5. The molecule has 29 heavy (non-hydrogen) atoms. The van der Waals surface area contributed by atoms with Crippen LogP contribution in [0.25, 0.3) is 0 Å². The molecule has 3 rings (SSSR count). The molecule has 0 atom stereocenters. The van der Waals surface area contributed by atoms with Crippen LogP contribution < -0.4 is 16.0 Å². The number of carbonyl (C=O) groups is 2. The van der Waals surface area contributed by atoms with Gasteiger partial charge in [-0.1, -0.05) is 35.9 Å². The van der Waals surface area contributed by atoms with E-state index in [9.17, 15) is 9.59 Å². The van der Waals surface area contributed by atoms with Gasteiger partial charge in [0.2, 0.25) is 0 Å². The third-order valence-corrected chi connectivity index (χ3v) is 4.36. The maximum atomic E-state index is 12.4. The number of nitrogens with one attached hydrogen (secondary N) is 3. The summed E-state index contributed by atoms with van der Waals surface area (Å²) >= 11 is 6.17. The highest BCUT2D eigenvalue weighted by Gasteiger charge is 2.10. The third kappa shape index (κ3) is 5.70. The van der Waals surface area contributed by atoms with Crippen LogP contribution in [0.4, 0.5) is 16.2 Å². The van der Waals surface area contributed by atoms with Crippen molar-refractivity contribution < 1.29 is 9.59 Å². The van der Waals surface area contributed by atoms with E-state index in [1.807, 2.05) is 24.3 Å². The van der Waals surface area contributed by atoms with E-state index in [4.69, 9.17) is 11.6 Å². The number of halogens is 1. The Labute approximate surface area is 173 Å². The second-order valence-corrected chi connectivity index (χ2v) is 6.58. The zero-order valence-corrected chi connectivity index (χ0v) is 16.3. The van der Waals surface area contributed by atoms with Gasteiger partial charge in [-0.25, -0.2) is 4.79 Å². The zero-order valence-electron chi connectivity index (χ0n) is 15.6. The Morgan fingerprint density at radius 1 is 1.07 bits per heavy atom. The number of urea groups is 1. The van der Waals surface area contributed by atoms with Gasteiger partial charge >= 0.3 is 6.03 Å². The maximum Gasteiger partial charge on any atom is 0.319 e. The minimum atomic E-state index is -0.326. The number of nitrogens with zero attached hydrogens (tertiary/aromatic N) is 2. The molecule has 1 heterocycles. The van der Waals surface area contributed by atoms with Crippen molar-refractivity contribution in [1.29, 1.82) is 0 Å². The van der Waals surface area contributed by atoms with Crippen molar-refractivity contribution in [3.05, 3.63) is 89.7 Å². The molecule has 0 bridgehead atoms. The summed E-state index contributed by atoms with van der Waals surface area (Å²) in [5.41, 5.74) is 2.57. The summed E-state index contributed by atoms with van der Waals surface area (Å²) in [6.45, 7) is 4.39. The molecule has 0 aliphatic rings. The number of benzene rings is 2. The van der Waals surface area contributed by atoms with Crippen LogP contribution in [-0.2, 0) is 6.54 Å². The quantitative estimate of drug-likeness (QED) is 0.512. The predicted octanol–water partition coefficient (Wildman–Crippen LogP) is 4.14. The monoisotopic (exact) mass is 409 g/mol. The molecule has 8 heteroatoms. The lowest BCUT2D eigenvalue weighted by molar-refractivity contribution is 0.102. The summed E-state index contributed by atoms with van der Waals surface area (Å²) < 4.78 is 1.66. The molecule has 0 fully saturated rings. The number of carbonyl (C=O) groups excluding carboxylic acids is 2. The molecule has 0 unspecified atom stereocenters. The Morgan fingerprint density at radius 3 is 2.45 bits per heavy atom. The minimum Gasteiger partial charge on any atom is -0.334 e. The molecule has 1 aromatic heterocycles. The van der Waals surface area contributed by atoms with E-state index >= 15 is 0 Å².